The number of benzene rings is 2. The number of ether oxygens (including phenoxy) is 1. The number of amides is 1. The van der Waals surface area contributed by atoms with Gasteiger partial charge in [0.25, 0.3) is 5.91 Å². The molecule has 1 saturated heterocycles. The van der Waals surface area contributed by atoms with E-state index < -0.39 is 10.0 Å². The minimum Gasteiger partial charge on any atom is -0.377 e. The van der Waals surface area contributed by atoms with E-state index in [1.165, 1.54) is 39.9 Å². The Morgan fingerprint density at radius 2 is 2.00 bits per heavy atom. The number of carbonyl (C=O) groups is 1. The standard InChI is InChI=1S/C22H25N3O4S2/c1-14-11-15(2)20-19(12-14)23-22(30-20)24-21(26)16-6-8-18(9-7-16)31(27,28)25(3)13-17-5-4-10-29-17/h6-9,11-12,17H,4-5,10,13H2,1-3H3,(H,23,24,26). The fraction of sp³-hybridized carbons (Fsp3) is 0.364. The molecule has 0 bridgehead atoms. The molecular formula is C22H25N3O4S2. The number of fused-ring (bicyclic) bond motifs is 1. The highest BCUT2D eigenvalue weighted by atomic mass is 32.2. The molecule has 1 aliphatic rings. The lowest BCUT2D eigenvalue weighted by molar-refractivity contribution is 0.0979. The van der Waals surface area contributed by atoms with Crippen LogP contribution in [0, 0.1) is 13.8 Å². The van der Waals surface area contributed by atoms with Crippen molar-refractivity contribution in [2.45, 2.75) is 37.7 Å². The first-order valence-corrected chi connectivity index (χ1v) is 12.4. The van der Waals surface area contributed by atoms with Gasteiger partial charge in [0.15, 0.2) is 5.13 Å². The van der Waals surface area contributed by atoms with Crippen LogP contribution in [0.1, 0.15) is 34.3 Å². The third-order valence-corrected chi connectivity index (χ3v) is 8.31. The van der Waals surface area contributed by atoms with Crippen LogP contribution >= 0.6 is 11.3 Å². The Bertz CT molecular complexity index is 1210. The molecule has 1 unspecified atom stereocenters. The quantitative estimate of drug-likeness (QED) is 0.603. The van der Waals surface area contributed by atoms with Crippen molar-refractivity contribution in [3.63, 3.8) is 0 Å². The maximum atomic E-state index is 12.8. The van der Waals surface area contributed by atoms with E-state index in [1.54, 1.807) is 7.05 Å². The van der Waals surface area contributed by atoms with Crippen molar-refractivity contribution in [3.8, 4) is 0 Å². The van der Waals surface area contributed by atoms with Gasteiger partial charge in [-0.1, -0.05) is 17.4 Å². The molecule has 1 atom stereocenters. The molecule has 0 spiro atoms. The number of rotatable bonds is 6. The van der Waals surface area contributed by atoms with Crippen LogP contribution in [0.15, 0.2) is 41.3 Å². The van der Waals surface area contributed by atoms with Crippen LogP contribution < -0.4 is 5.32 Å². The zero-order valence-corrected chi connectivity index (χ0v) is 19.3. The van der Waals surface area contributed by atoms with Crippen molar-refractivity contribution in [2.24, 2.45) is 0 Å². The molecule has 1 fully saturated rings. The zero-order chi connectivity index (χ0) is 22.2. The molecule has 7 nitrogen and oxygen atoms in total. The second kappa shape index (κ2) is 8.66. The molecule has 2 aromatic carbocycles. The van der Waals surface area contributed by atoms with Gasteiger partial charge in [-0.15, -0.1) is 0 Å². The molecule has 31 heavy (non-hydrogen) atoms. The van der Waals surface area contributed by atoms with Crippen LogP contribution in [0.4, 0.5) is 5.13 Å². The Morgan fingerprint density at radius 3 is 2.68 bits per heavy atom. The number of likely N-dealkylation sites (N-methyl/N-ethyl adjacent to an activating group) is 1. The molecule has 1 aromatic heterocycles. The molecule has 2 heterocycles. The summed E-state index contributed by atoms with van der Waals surface area (Å²) in [6.07, 6.45) is 1.76. The molecule has 1 N–H and O–H groups in total. The average Bonchev–Trinajstić information content (AvgIpc) is 3.37. The maximum absolute atomic E-state index is 12.8. The summed E-state index contributed by atoms with van der Waals surface area (Å²) < 4.78 is 33.5. The first kappa shape index (κ1) is 21.9. The predicted molar refractivity (Wildman–Crippen MR) is 122 cm³/mol. The van der Waals surface area contributed by atoms with Gasteiger partial charge in [0, 0.05) is 25.8 Å². The van der Waals surface area contributed by atoms with Gasteiger partial charge >= 0.3 is 0 Å². The number of anilines is 1. The summed E-state index contributed by atoms with van der Waals surface area (Å²) in [5, 5.41) is 3.33. The van der Waals surface area contributed by atoms with Gasteiger partial charge in [0.05, 0.1) is 21.2 Å². The largest absolute Gasteiger partial charge is 0.377 e. The summed E-state index contributed by atoms with van der Waals surface area (Å²) in [6.45, 7) is 5.03. The number of carbonyl (C=O) groups excluding carboxylic acids is 1. The summed E-state index contributed by atoms with van der Waals surface area (Å²) >= 11 is 1.42. The van der Waals surface area contributed by atoms with Gasteiger partial charge in [-0.25, -0.2) is 13.4 Å². The van der Waals surface area contributed by atoms with Crippen molar-refractivity contribution >= 4 is 42.6 Å². The number of sulfonamides is 1. The Hall–Kier alpha value is -2.33. The van der Waals surface area contributed by atoms with E-state index in [9.17, 15) is 13.2 Å². The topological polar surface area (TPSA) is 88.6 Å². The third kappa shape index (κ3) is 4.64. The SMILES string of the molecule is Cc1cc(C)c2sc(NC(=O)c3ccc(S(=O)(=O)N(C)CC4CCCO4)cc3)nc2c1. The van der Waals surface area contributed by atoms with E-state index in [0.29, 0.717) is 23.8 Å². The van der Waals surface area contributed by atoms with Crippen molar-refractivity contribution in [1.82, 2.24) is 9.29 Å². The molecule has 164 valence electrons. The lowest BCUT2D eigenvalue weighted by Crippen LogP contribution is -2.34. The van der Waals surface area contributed by atoms with Crippen LogP contribution in [0.2, 0.25) is 0 Å². The molecule has 4 rings (SSSR count). The lowest BCUT2D eigenvalue weighted by Gasteiger charge is -2.20. The summed E-state index contributed by atoms with van der Waals surface area (Å²) in [7, 11) is -2.09. The minimum atomic E-state index is -3.64. The molecule has 3 aromatic rings. The van der Waals surface area contributed by atoms with E-state index in [-0.39, 0.29) is 16.9 Å². The van der Waals surface area contributed by atoms with Crippen molar-refractivity contribution in [1.29, 1.82) is 0 Å². The number of aryl methyl sites for hydroxylation is 2. The number of nitrogens with zero attached hydrogens (tertiary/aromatic N) is 2. The second-order valence-corrected chi connectivity index (χ2v) is 10.9. The smallest absolute Gasteiger partial charge is 0.257 e. The second-order valence-electron chi connectivity index (χ2n) is 7.85. The zero-order valence-electron chi connectivity index (χ0n) is 17.7. The fourth-order valence-corrected chi connectivity index (χ4v) is 5.84. The molecule has 0 aliphatic carbocycles. The third-order valence-electron chi connectivity index (χ3n) is 5.35. The molecule has 1 amide bonds. The highest BCUT2D eigenvalue weighted by molar-refractivity contribution is 7.89. The lowest BCUT2D eigenvalue weighted by atomic mass is 10.1. The van der Waals surface area contributed by atoms with E-state index >= 15 is 0 Å². The van der Waals surface area contributed by atoms with E-state index in [4.69, 9.17) is 4.74 Å². The monoisotopic (exact) mass is 459 g/mol. The number of thiazole rings is 1. The van der Waals surface area contributed by atoms with Gasteiger partial charge in [-0.3, -0.25) is 10.1 Å². The van der Waals surface area contributed by atoms with Crippen LogP contribution in [0.3, 0.4) is 0 Å². The fourth-order valence-electron chi connectivity index (χ4n) is 3.73. The summed E-state index contributed by atoms with van der Waals surface area (Å²) in [5.41, 5.74) is 3.46. The van der Waals surface area contributed by atoms with Gasteiger partial charge in [-0.2, -0.15) is 4.31 Å². The number of aromatic nitrogens is 1. The first-order valence-electron chi connectivity index (χ1n) is 10.1. The maximum Gasteiger partial charge on any atom is 0.257 e. The van der Waals surface area contributed by atoms with Crippen molar-refractivity contribution < 1.29 is 17.9 Å². The van der Waals surface area contributed by atoms with Crippen molar-refractivity contribution in [3.05, 3.63) is 53.1 Å². The van der Waals surface area contributed by atoms with Crippen LogP contribution in [0.5, 0.6) is 0 Å². The van der Waals surface area contributed by atoms with Gasteiger partial charge in [0.1, 0.15) is 0 Å². The molecule has 0 saturated carbocycles. The van der Waals surface area contributed by atoms with Gasteiger partial charge in [-0.05, 0) is 68.1 Å². The van der Waals surface area contributed by atoms with Crippen LogP contribution in [-0.4, -0.2) is 49.9 Å². The Kier molecular flexibility index (Phi) is 6.11. The van der Waals surface area contributed by atoms with Gasteiger partial charge < -0.3 is 4.74 Å². The number of nitrogens with one attached hydrogen (secondary N) is 1. The predicted octanol–water partition coefficient (Wildman–Crippen LogP) is 3.96. The first-order chi connectivity index (χ1) is 14.7. The minimum absolute atomic E-state index is 0.0638. The number of hydrogen-bond acceptors (Lipinski definition) is 6. The van der Waals surface area contributed by atoms with Gasteiger partial charge in [0.2, 0.25) is 10.0 Å². The Morgan fingerprint density at radius 1 is 1.26 bits per heavy atom. The summed E-state index contributed by atoms with van der Waals surface area (Å²) in [6, 6.07) is 10.0. The number of hydrogen-bond donors (Lipinski definition) is 1. The molecule has 0 radical (unpaired) electrons. The molecule has 9 heteroatoms. The van der Waals surface area contributed by atoms with Crippen LogP contribution in [-0.2, 0) is 14.8 Å². The highest BCUT2D eigenvalue weighted by Crippen LogP contribution is 2.30. The van der Waals surface area contributed by atoms with Crippen LogP contribution in [0.25, 0.3) is 10.2 Å². The molecular weight excluding hydrogens is 434 g/mol. The van der Waals surface area contributed by atoms with E-state index in [1.807, 2.05) is 19.9 Å². The summed E-state index contributed by atoms with van der Waals surface area (Å²) in [5.74, 6) is -0.329. The Balaban J connectivity index is 1.47. The van der Waals surface area contributed by atoms with E-state index in [2.05, 4.69) is 16.4 Å². The Labute approximate surface area is 186 Å². The summed E-state index contributed by atoms with van der Waals surface area (Å²) in [4.78, 5) is 17.3. The highest BCUT2D eigenvalue weighted by Gasteiger charge is 2.26. The molecule has 1 aliphatic heterocycles. The van der Waals surface area contributed by atoms with Crippen molar-refractivity contribution in [2.75, 3.05) is 25.5 Å². The average molecular weight is 460 g/mol. The normalized spacial score (nSPS) is 16.8. The van der Waals surface area contributed by atoms with E-state index in [0.717, 1.165) is 34.2 Å².